The van der Waals surface area contributed by atoms with Crippen LogP contribution in [0.1, 0.15) is 0 Å². The fraction of sp³-hybridized carbons (Fsp3) is 0.222. The van der Waals surface area contributed by atoms with Crippen molar-refractivity contribution in [3.63, 3.8) is 0 Å². The van der Waals surface area contributed by atoms with Gasteiger partial charge >= 0.3 is 0 Å². The number of hydrogen-bond donors (Lipinski definition) is 0. The van der Waals surface area contributed by atoms with Crippen LogP contribution in [0.3, 0.4) is 0 Å². The van der Waals surface area contributed by atoms with Crippen LogP contribution in [-0.4, -0.2) is 29.0 Å². The van der Waals surface area contributed by atoms with Gasteiger partial charge in [0.2, 0.25) is 11.2 Å². The molecule has 0 fully saturated rings. The Bertz CT molecular complexity index is 514. The van der Waals surface area contributed by atoms with Crippen molar-refractivity contribution in [3.05, 3.63) is 21.2 Å². The fourth-order valence-corrected chi connectivity index (χ4v) is 2.73. The van der Waals surface area contributed by atoms with Crippen LogP contribution in [0.4, 0.5) is 5.95 Å². The van der Waals surface area contributed by atoms with Gasteiger partial charge in [-0.05, 0) is 39.0 Å². The summed E-state index contributed by atoms with van der Waals surface area (Å²) in [4.78, 5) is 15.2. The van der Waals surface area contributed by atoms with Crippen molar-refractivity contribution in [2.24, 2.45) is 0 Å². The van der Waals surface area contributed by atoms with Gasteiger partial charge in [-0.1, -0.05) is 0 Å². The third kappa shape index (κ3) is 2.34. The average molecular weight is 320 g/mol. The number of hydrogen-bond acceptors (Lipinski definition) is 5. The molecule has 0 aliphatic rings. The van der Waals surface area contributed by atoms with Crippen LogP contribution in [0.5, 0.6) is 0 Å². The van der Waals surface area contributed by atoms with E-state index in [-0.39, 0.29) is 5.28 Å². The van der Waals surface area contributed by atoms with E-state index in [0.29, 0.717) is 11.8 Å². The van der Waals surface area contributed by atoms with Crippen LogP contribution in [0.2, 0.25) is 5.28 Å². The number of thiophene rings is 1. The molecule has 0 aromatic carbocycles. The number of nitrogens with zero attached hydrogens (tertiary/aromatic N) is 4. The Hall–Kier alpha value is -0.720. The Labute approximate surface area is 110 Å². The Morgan fingerprint density at radius 3 is 2.62 bits per heavy atom. The number of halogens is 2. The lowest BCUT2D eigenvalue weighted by Gasteiger charge is -2.10. The first-order valence-electron chi connectivity index (χ1n) is 4.40. The first-order valence-corrected chi connectivity index (χ1v) is 6.45. The Morgan fingerprint density at radius 1 is 1.31 bits per heavy atom. The molecule has 16 heavy (non-hydrogen) atoms. The Kier molecular flexibility index (Phi) is 3.41. The van der Waals surface area contributed by atoms with E-state index in [4.69, 9.17) is 11.6 Å². The number of aromatic nitrogens is 3. The highest BCUT2D eigenvalue weighted by molar-refractivity contribution is 9.10. The zero-order valence-corrected chi connectivity index (χ0v) is 11.8. The summed E-state index contributed by atoms with van der Waals surface area (Å²) >= 11 is 10.9. The van der Waals surface area contributed by atoms with E-state index in [9.17, 15) is 0 Å². The molecule has 0 N–H and O–H groups in total. The summed E-state index contributed by atoms with van der Waals surface area (Å²) in [6.07, 6.45) is 0. The highest BCUT2D eigenvalue weighted by Gasteiger charge is 2.12. The molecule has 7 heteroatoms. The minimum Gasteiger partial charge on any atom is -0.347 e. The average Bonchev–Trinajstić information content (AvgIpc) is 2.63. The minimum absolute atomic E-state index is 0.203. The minimum atomic E-state index is 0.203. The fourth-order valence-electron chi connectivity index (χ4n) is 1.09. The standard InChI is InChI=1S/C9H8BrClN4S/c1-15(2)9-13-7(12-8(11)14-9)6-5(10)3-4-16-6/h3-4H,1-2H3. The van der Waals surface area contributed by atoms with Gasteiger partial charge in [-0.2, -0.15) is 15.0 Å². The Morgan fingerprint density at radius 2 is 2.06 bits per heavy atom. The van der Waals surface area contributed by atoms with Gasteiger partial charge in [0.05, 0.1) is 4.88 Å². The van der Waals surface area contributed by atoms with Crippen LogP contribution in [0.15, 0.2) is 15.9 Å². The summed E-state index contributed by atoms with van der Waals surface area (Å²) < 4.78 is 0.962. The molecule has 2 heterocycles. The topological polar surface area (TPSA) is 41.9 Å². The molecule has 0 spiro atoms. The zero-order chi connectivity index (χ0) is 11.7. The van der Waals surface area contributed by atoms with Gasteiger partial charge in [0.25, 0.3) is 0 Å². The third-order valence-electron chi connectivity index (χ3n) is 1.82. The molecule has 0 amide bonds. The van der Waals surface area contributed by atoms with Crippen molar-refractivity contribution >= 4 is 44.8 Å². The van der Waals surface area contributed by atoms with Gasteiger partial charge in [-0.25, -0.2) is 0 Å². The second kappa shape index (κ2) is 4.65. The quantitative estimate of drug-likeness (QED) is 0.853. The second-order valence-corrected chi connectivity index (χ2v) is 5.33. The molecule has 0 aliphatic carbocycles. The molecular weight excluding hydrogens is 312 g/mol. The molecule has 0 bridgehead atoms. The molecule has 0 atom stereocenters. The first-order chi connectivity index (χ1) is 7.58. The second-order valence-electron chi connectivity index (χ2n) is 3.22. The van der Waals surface area contributed by atoms with Crippen molar-refractivity contribution in [1.82, 2.24) is 15.0 Å². The molecule has 4 nitrogen and oxygen atoms in total. The zero-order valence-electron chi connectivity index (χ0n) is 8.61. The van der Waals surface area contributed by atoms with Crippen LogP contribution in [0.25, 0.3) is 10.7 Å². The molecule has 0 saturated heterocycles. The van der Waals surface area contributed by atoms with Crippen molar-refractivity contribution in [2.45, 2.75) is 0 Å². The highest BCUT2D eigenvalue weighted by Crippen LogP contribution is 2.32. The van der Waals surface area contributed by atoms with Crippen LogP contribution >= 0.6 is 38.9 Å². The molecule has 0 aliphatic heterocycles. The maximum atomic E-state index is 5.86. The SMILES string of the molecule is CN(C)c1nc(Cl)nc(-c2sccc2Br)n1. The molecule has 0 unspecified atom stereocenters. The normalized spacial score (nSPS) is 10.5. The molecular formula is C9H8BrClN4S. The van der Waals surface area contributed by atoms with Crippen molar-refractivity contribution in [3.8, 4) is 10.7 Å². The van der Waals surface area contributed by atoms with E-state index in [1.165, 1.54) is 0 Å². The smallest absolute Gasteiger partial charge is 0.229 e. The molecule has 2 aromatic heterocycles. The molecule has 0 saturated carbocycles. The summed E-state index contributed by atoms with van der Waals surface area (Å²) in [5, 5.41) is 2.17. The summed E-state index contributed by atoms with van der Waals surface area (Å²) in [7, 11) is 3.72. The van der Waals surface area contributed by atoms with Gasteiger partial charge in [-0.15, -0.1) is 11.3 Å². The van der Waals surface area contributed by atoms with Crippen LogP contribution in [0, 0.1) is 0 Å². The molecule has 2 aromatic rings. The van der Waals surface area contributed by atoms with Gasteiger partial charge in [0.1, 0.15) is 0 Å². The number of rotatable bonds is 2. The van der Waals surface area contributed by atoms with Gasteiger partial charge in [0, 0.05) is 18.6 Å². The maximum Gasteiger partial charge on any atom is 0.229 e. The predicted molar refractivity (Wildman–Crippen MR) is 70.2 cm³/mol. The predicted octanol–water partition coefficient (Wildman–Crippen LogP) is 3.08. The van der Waals surface area contributed by atoms with E-state index in [1.54, 1.807) is 16.2 Å². The summed E-state index contributed by atoms with van der Waals surface area (Å²) in [5.74, 6) is 1.14. The van der Waals surface area contributed by atoms with Crippen LogP contribution < -0.4 is 4.90 Å². The van der Waals surface area contributed by atoms with Gasteiger partial charge in [0.15, 0.2) is 5.82 Å². The van der Waals surface area contributed by atoms with Crippen molar-refractivity contribution < 1.29 is 0 Å². The first kappa shape index (κ1) is 11.8. The number of anilines is 1. The lowest BCUT2D eigenvalue weighted by atomic mass is 10.4. The van der Waals surface area contributed by atoms with E-state index in [1.807, 2.05) is 25.5 Å². The maximum absolute atomic E-state index is 5.86. The Balaban J connectivity index is 2.54. The summed E-state index contributed by atoms with van der Waals surface area (Å²) in [6.45, 7) is 0. The van der Waals surface area contributed by atoms with E-state index >= 15 is 0 Å². The van der Waals surface area contributed by atoms with Gasteiger partial charge < -0.3 is 4.90 Å². The van der Waals surface area contributed by atoms with Crippen molar-refractivity contribution in [1.29, 1.82) is 0 Å². The van der Waals surface area contributed by atoms with Crippen LogP contribution in [-0.2, 0) is 0 Å². The lowest BCUT2D eigenvalue weighted by Crippen LogP contribution is -2.13. The largest absolute Gasteiger partial charge is 0.347 e. The molecule has 2 rings (SSSR count). The lowest BCUT2D eigenvalue weighted by molar-refractivity contribution is 0.963. The van der Waals surface area contributed by atoms with Gasteiger partial charge in [-0.3, -0.25) is 0 Å². The highest BCUT2D eigenvalue weighted by atomic mass is 79.9. The monoisotopic (exact) mass is 318 g/mol. The molecule has 84 valence electrons. The summed E-state index contributed by atoms with van der Waals surface area (Å²) in [6, 6.07) is 1.95. The molecule has 0 radical (unpaired) electrons. The van der Waals surface area contributed by atoms with E-state index in [2.05, 4.69) is 30.9 Å². The summed E-state index contributed by atoms with van der Waals surface area (Å²) in [5.41, 5.74) is 0. The van der Waals surface area contributed by atoms with Crippen molar-refractivity contribution in [2.75, 3.05) is 19.0 Å². The third-order valence-corrected chi connectivity index (χ3v) is 3.82. The van der Waals surface area contributed by atoms with E-state index < -0.39 is 0 Å². The van der Waals surface area contributed by atoms with E-state index in [0.717, 1.165) is 9.35 Å².